The largest absolute Gasteiger partial charge is 0.384 e. The van der Waals surface area contributed by atoms with E-state index in [9.17, 15) is 8.78 Å². The normalized spacial score (nSPS) is 11.6. The quantitative estimate of drug-likeness (QED) is 0.858. The predicted molar refractivity (Wildman–Crippen MR) is 70.5 cm³/mol. The Hall–Kier alpha value is -2.04. The fourth-order valence-electron chi connectivity index (χ4n) is 1.66. The first-order valence-corrected chi connectivity index (χ1v) is 5.87. The van der Waals surface area contributed by atoms with Crippen LogP contribution in [0.4, 0.5) is 14.6 Å². The van der Waals surface area contributed by atoms with Gasteiger partial charge < -0.3 is 5.73 Å². The van der Waals surface area contributed by atoms with Crippen molar-refractivity contribution in [3.8, 4) is 11.4 Å². The highest BCUT2D eigenvalue weighted by Gasteiger charge is 2.18. The molecule has 1 heterocycles. The minimum absolute atomic E-state index is 0.225. The first-order valence-electron chi connectivity index (χ1n) is 5.87. The molecular weight excluding hydrogens is 248 g/mol. The molecule has 19 heavy (non-hydrogen) atoms. The summed E-state index contributed by atoms with van der Waals surface area (Å²) in [5, 5.41) is 0. The Labute approximate surface area is 110 Å². The highest BCUT2D eigenvalue weighted by atomic mass is 19.1. The standard InChI is InChI=1S/C14H15F2N3/c1-14(2,3)11-7-12(17)19-13(18-11)8-4-9(15)6-10(16)5-8/h4-7H,1-3H3,(H2,17,18,19). The molecule has 2 aromatic rings. The van der Waals surface area contributed by atoms with Crippen LogP contribution in [0.25, 0.3) is 11.4 Å². The molecule has 0 radical (unpaired) electrons. The number of hydrogen-bond donors (Lipinski definition) is 1. The minimum atomic E-state index is -0.668. The van der Waals surface area contributed by atoms with Gasteiger partial charge in [0.2, 0.25) is 0 Å². The summed E-state index contributed by atoms with van der Waals surface area (Å²) in [6.45, 7) is 5.93. The zero-order chi connectivity index (χ0) is 14.2. The fourth-order valence-corrected chi connectivity index (χ4v) is 1.66. The van der Waals surface area contributed by atoms with Gasteiger partial charge in [0.1, 0.15) is 17.5 Å². The molecule has 0 fully saturated rings. The van der Waals surface area contributed by atoms with Crippen LogP contribution in [0.1, 0.15) is 26.5 Å². The Kier molecular flexibility index (Phi) is 3.22. The summed E-state index contributed by atoms with van der Waals surface area (Å²) in [5.74, 6) is -0.834. The molecule has 1 aromatic carbocycles. The zero-order valence-electron chi connectivity index (χ0n) is 11.0. The van der Waals surface area contributed by atoms with Crippen molar-refractivity contribution in [3.05, 3.63) is 41.6 Å². The molecule has 0 aliphatic heterocycles. The molecule has 0 spiro atoms. The summed E-state index contributed by atoms with van der Waals surface area (Å²) < 4.78 is 26.4. The Morgan fingerprint density at radius 3 is 2.05 bits per heavy atom. The molecule has 2 rings (SSSR count). The van der Waals surface area contributed by atoms with Gasteiger partial charge in [-0.3, -0.25) is 0 Å². The topological polar surface area (TPSA) is 51.8 Å². The molecule has 0 aliphatic carbocycles. The van der Waals surface area contributed by atoms with Gasteiger partial charge in [0.25, 0.3) is 0 Å². The summed E-state index contributed by atoms with van der Waals surface area (Å²) in [6.07, 6.45) is 0. The molecule has 1 aromatic heterocycles. The molecule has 0 atom stereocenters. The van der Waals surface area contributed by atoms with E-state index in [0.717, 1.165) is 11.8 Å². The monoisotopic (exact) mass is 263 g/mol. The van der Waals surface area contributed by atoms with Crippen molar-refractivity contribution in [2.45, 2.75) is 26.2 Å². The number of aromatic nitrogens is 2. The van der Waals surface area contributed by atoms with Crippen molar-refractivity contribution < 1.29 is 8.78 Å². The smallest absolute Gasteiger partial charge is 0.161 e. The van der Waals surface area contributed by atoms with Gasteiger partial charge in [-0.2, -0.15) is 0 Å². The third kappa shape index (κ3) is 3.05. The number of nitrogen functional groups attached to an aromatic ring is 1. The number of halogens is 2. The van der Waals surface area contributed by atoms with Crippen molar-refractivity contribution in [1.29, 1.82) is 0 Å². The minimum Gasteiger partial charge on any atom is -0.384 e. The van der Waals surface area contributed by atoms with Crippen LogP contribution in [0.5, 0.6) is 0 Å². The SMILES string of the molecule is CC(C)(C)c1cc(N)nc(-c2cc(F)cc(F)c2)n1. The molecule has 0 saturated carbocycles. The van der Waals surface area contributed by atoms with E-state index in [1.54, 1.807) is 6.07 Å². The number of nitrogens with zero attached hydrogens (tertiary/aromatic N) is 2. The molecule has 100 valence electrons. The Morgan fingerprint density at radius 2 is 1.53 bits per heavy atom. The lowest BCUT2D eigenvalue weighted by atomic mass is 9.92. The average Bonchev–Trinajstić information content (AvgIpc) is 2.25. The number of benzene rings is 1. The lowest BCUT2D eigenvalue weighted by Gasteiger charge is -2.18. The van der Waals surface area contributed by atoms with Crippen molar-refractivity contribution in [2.24, 2.45) is 0 Å². The molecule has 2 N–H and O–H groups in total. The van der Waals surface area contributed by atoms with Crippen LogP contribution in [0.2, 0.25) is 0 Å². The van der Waals surface area contributed by atoms with Crippen LogP contribution in [-0.2, 0) is 5.41 Å². The maximum Gasteiger partial charge on any atom is 0.161 e. The third-order valence-corrected chi connectivity index (χ3v) is 2.64. The molecular formula is C14H15F2N3. The Balaban J connectivity index is 2.59. The van der Waals surface area contributed by atoms with E-state index in [1.807, 2.05) is 20.8 Å². The van der Waals surface area contributed by atoms with Gasteiger partial charge in [-0.05, 0) is 12.1 Å². The highest BCUT2D eigenvalue weighted by Crippen LogP contribution is 2.25. The highest BCUT2D eigenvalue weighted by molar-refractivity contribution is 5.57. The summed E-state index contributed by atoms with van der Waals surface area (Å²) in [7, 11) is 0. The van der Waals surface area contributed by atoms with Crippen LogP contribution in [-0.4, -0.2) is 9.97 Å². The number of rotatable bonds is 1. The van der Waals surface area contributed by atoms with Crippen molar-refractivity contribution in [2.75, 3.05) is 5.73 Å². The lowest BCUT2D eigenvalue weighted by Crippen LogP contribution is -2.15. The molecule has 0 aliphatic rings. The van der Waals surface area contributed by atoms with Crippen molar-refractivity contribution in [3.63, 3.8) is 0 Å². The van der Waals surface area contributed by atoms with Gasteiger partial charge in [-0.25, -0.2) is 18.7 Å². The maximum atomic E-state index is 13.2. The second kappa shape index (κ2) is 4.57. The van der Waals surface area contributed by atoms with Crippen LogP contribution < -0.4 is 5.73 Å². The van der Waals surface area contributed by atoms with Gasteiger partial charge >= 0.3 is 0 Å². The van der Waals surface area contributed by atoms with Crippen LogP contribution in [0.3, 0.4) is 0 Å². The Bertz CT molecular complexity index is 598. The van der Waals surface area contributed by atoms with E-state index in [-0.39, 0.29) is 22.6 Å². The zero-order valence-corrected chi connectivity index (χ0v) is 11.0. The van der Waals surface area contributed by atoms with Crippen LogP contribution in [0, 0.1) is 11.6 Å². The molecule has 0 unspecified atom stereocenters. The lowest BCUT2D eigenvalue weighted by molar-refractivity contribution is 0.568. The summed E-state index contributed by atoms with van der Waals surface area (Å²) in [4.78, 5) is 8.37. The van der Waals surface area contributed by atoms with E-state index in [1.165, 1.54) is 12.1 Å². The third-order valence-electron chi connectivity index (χ3n) is 2.64. The van der Waals surface area contributed by atoms with Gasteiger partial charge in [-0.15, -0.1) is 0 Å². The molecule has 0 amide bonds. The van der Waals surface area contributed by atoms with E-state index >= 15 is 0 Å². The van der Waals surface area contributed by atoms with Crippen molar-refractivity contribution >= 4 is 5.82 Å². The van der Waals surface area contributed by atoms with Crippen LogP contribution >= 0.6 is 0 Å². The van der Waals surface area contributed by atoms with Crippen molar-refractivity contribution in [1.82, 2.24) is 9.97 Å². The number of hydrogen-bond acceptors (Lipinski definition) is 3. The summed E-state index contributed by atoms with van der Waals surface area (Å²) >= 11 is 0. The second-order valence-electron chi connectivity index (χ2n) is 5.41. The van der Waals surface area contributed by atoms with Gasteiger partial charge in [-0.1, -0.05) is 20.8 Å². The van der Waals surface area contributed by atoms with E-state index in [4.69, 9.17) is 5.73 Å². The van der Waals surface area contributed by atoms with E-state index in [2.05, 4.69) is 9.97 Å². The molecule has 0 saturated heterocycles. The Morgan fingerprint density at radius 1 is 0.947 bits per heavy atom. The number of nitrogens with two attached hydrogens (primary N) is 1. The first-order chi connectivity index (χ1) is 8.75. The van der Waals surface area contributed by atoms with E-state index < -0.39 is 11.6 Å². The fraction of sp³-hybridized carbons (Fsp3) is 0.286. The second-order valence-corrected chi connectivity index (χ2v) is 5.41. The van der Waals surface area contributed by atoms with E-state index in [0.29, 0.717) is 0 Å². The van der Waals surface area contributed by atoms with Gasteiger partial charge in [0, 0.05) is 23.1 Å². The summed E-state index contributed by atoms with van der Waals surface area (Å²) in [6, 6.07) is 4.84. The average molecular weight is 263 g/mol. The maximum absolute atomic E-state index is 13.2. The molecule has 5 heteroatoms. The van der Waals surface area contributed by atoms with Gasteiger partial charge in [0.05, 0.1) is 5.69 Å². The number of anilines is 1. The molecule has 0 bridgehead atoms. The summed E-state index contributed by atoms with van der Waals surface area (Å²) in [5.41, 5.74) is 6.50. The van der Waals surface area contributed by atoms with Gasteiger partial charge in [0.15, 0.2) is 5.82 Å². The molecule has 3 nitrogen and oxygen atoms in total. The first kappa shape index (κ1) is 13.4. The van der Waals surface area contributed by atoms with Crippen LogP contribution in [0.15, 0.2) is 24.3 Å². The predicted octanol–water partition coefficient (Wildman–Crippen LogP) is 3.30.